The maximum atomic E-state index is 13.4. The van der Waals surface area contributed by atoms with Gasteiger partial charge in [-0.3, -0.25) is 9.59 Å². The van der Waals surface area contributed by atoms with E-state index >= 15 is 0 Å². The molecule has 10 nitrogen and oxygen atoms in total. The minimum Gasteiger partial charge on any atom is -0.469 e. The van der Waals surface area contributed by atoms with Crippen LogP contribution < -0.4 is 0 Å². The summed E-state index contributed by atoms with van der Waals surface area (Å²) in [7, 11) is 5.95. The van der Waals surface area contributed by atoms with E-state index in [4.69, 9.17) is 18.9 Å². The standard InChI is InChI=1S/C37H64O10/c1-11-12-28(16-22(2)15-23(3)17-33(45-8)36(42)34(46-9)19-25(5)37(43)47-10)31(40)21-30(39)26(6)35(41)24(4)18-27-13-14-29(38)32(20-27)44-7/h11,16,18,23,25-30,32-36,38-39,41-42H,1,12-15,17,19-21H2,2-10H3. The van der Waals surface area contributed by atoms with Gasteiger partial charge in [0.15, 0.2) is 0 Å². The Kier molecular flexibility index (Phi) is 20.1. The molecule has 0 aromatic rings. The van der Waals surface area contributed by atoms with Crippen molar-refractivity contribution in [2.45, 2.75) is 129 Å². The molecule has 0 spiro atoms. The molecule has 1 aliphatic rings. The monoisotopic (exact) mass is 668 g/mol. The summed E-state index contributed by atoms with van der Waals surface area (Å²) in [5.41, 5.74) is 1.74. The smallest absolute Gasteiger partial charge is 0.308 e. The molecule has 1 fully saturated rings. The molecule has 10 heteroatoms. The summed E-state index contributed by atoms with van der Waals surface area (Å²) in [6.07, 6.45) is 4.81. The van der Waals surface area contributed by atoms with E-state index in [2.05, 4.69) is 6.58 Å². The number of allylic oxidation sites excluding steroid dienone is 4. The number of rotatable bonds is 22. The van der Waals surface area contributed by atoms with Crippen molar-refractivity contribution in [3.05, 3.63) is 36.0 Å². The number of carbonyl (C=O) groups excluding carboxylic acids is 2. The van der Waals surface area contributed by atoms with Crippen molar-refractivity contribution in [2.75, 3.05) is 28.4 Å². The fraction of sp³-hybridized carbons (Fsp3) is 0.784. The van der Waals surface area contributed by atoms with E-state index in [-0.39, 0.29) is 36.1 Å². The Morgan fingerprint density at radius 3 is 2.11 bits per heavy atom. The molecule has 47 heavy (non-hydrogen) atoms. The van der Waals surface area contributed by atoms with Gasteiger partial charge in [-0.1, -0.05) is 44.6 Å². The first-order chi connectivity index (χ1) is 22.1. The molecule has 0 aliphatic heterocycles. The Hall–Kier alpha value is -1.92. The van der Waals surface area contributed by atoms with E-state index < -0.39 is 54.4 Å². The van der Waals surface area contributed by atoms with Crippen molar-refractivity contribution >= 4 is 11.8 Å². The molecule has 272 valence electrons. The molecule has 0 aromatic heterocycles. The molecule has 12 unspecified atom stereocenters. The number of hydrogen-bond acceptors (Lipinski definition) is 10. The number of hydrogen-bond donors (Lipinski definition) is 4. The Morgan fingerprint density at radius 2 is 1.55 bits per heavy atom. The van der Waals surface area contributed by atoms with Gasteiger partial charge in [0.2, 0.25) is 0 Å². The zero-order chi connectivity index (χ0) is 35.8. The second kappa shape index (κ2) is 21.9. The van der Waals surface area contributed by atoms with E-state index in [9.17, 15) is 30.0 Å². The number of esters is 1. The van der Waals surface area contributed by atoms with Crippen LogP contribution in [0, 0.1) is 29.6 Å². The van der Waals surface area contributed by atoms with Crippen LogP contribution in [0.5, 0.6) is 0 Å². The van der Waals surface area contributed by atoms with Gasteiger partial charge >= 0.3 is 5.97 Å². The molecule has 0 aromatic carbocycles. The summed E-state index contributed by atoms with van der Waals surface area (Å²) in [4.78, 5) is 25.3. The third-order valence-electron chi connectivity index (χ3n) is 9.76. The quantitative estimate of drug-likeness (QED) is 0.0954. The first-order valence-corrected chi connectivity index (χ1v) is 17.0. The predicted octanol–water partition coefficient (Wildman–Crippen LogP) is 4.57. The summed E-state index contributed by atoms with van der Waals surface area (Å²) < 4.78 is 21.3. The largest absolute Gasteiger partial charge is 0.469 e. The Bertz CT molecular complexity index is 1010. The molecule has 4 N–H and O–H groups in total. The van der Waals surface area contributed by atoms with Gasteiger partial charge < -0.3 is 39.4 Å². The molecule has 0 heterocycles. The summed E-state index contributed by atoms with van der Waals surface area (Å²) in [6.45, 7) is 13.1. The second-order valence-corrected chi connectivity index (χ2v) is 13.8. The number of aliphatic hydroxyl groups is 4. The van der Waals surface area contributed by atoms with Crippen molar-refractivity contribution in [3.63, 3.8) is 0 Å². The number of ether oxygens (including phenoxy) is 4. The lowest BCUT2D eigenvalue weighted by Gasteiger charge is -2.32. The zero-order valence-corrected chi connectivity index (χ0v) is 30.3. The summed E-state index contributed by atoms with van der Waals surface area (Å²) in [5.74, 6) is -1.68. The third-order valence-corrected chi connectivity index (χ3v) is 9.76. The molecule has 0 amide bonds. The second-order valence-electron chi connectivity index (χ2n) is 13.8. The molecule has 12 atom stereocenters. The molecule has 0 saturated heterocycles. The highest BCUT2D eigenvalue weighted by molar-refractivity contribution is 5.83. The van der Waals surface area contributed by atoms with Gasteiger partial charge in [-0.05, 0) is 76.2 Å². The number of methoxy groups -OCH3 is 4. The normalized spacial score (nSPS) is 25.1. The van der Waals surface area contributed by atoms with Crippen LogP contribution in [-0.2, 0) is 28.5 Å². The molecular formula is C37H64O10. The average Bonchev–Trinajstić information content (AvgIpc) is 3.04. The van der Waals surface area contributed by atoms with Crippen LogP contribution in [0.15, 0.2) is 36.0 Å². The van der Waals surface area contributed by atoms with Gasteiger partial charge in [0, 0.05) is 39.6 Å². The van der Waals surface area contributed by atoms with Gasteiger partial charge in [0.05, 0.1) is 49.7 Å². The highest BCUT2D eigenvalue weighted by atomic mass is 16.5. The fourth-order valence-electron chi connectivity index (χ4n) is 6.74. The van der Waals surface area contributed by atoms with E-state index in [1.165, 1.54) is 21.3 Å². The Morgan fingerprint density at radius 1 is 0.936 bits per heavy atom. The number of carbonyl (C=O) groups is 2. The highest BCUT2D eigenvalue weighted by Gasteiger charge is 2.33. The van der Waals surface area contributed by atoms with Crippen molar-refractivity contribution in [3.8, 4) is 0 Å². The van der Waals surface area contributed by atoms with Crippen molar-refractivity contribution in [1.29, 1.82) is 0 Å². The third kappa shape index (κ3) is 14.2. The zero-order valence-electron chi connectivity index (χ0n) is 30.3. The molecular weight excluding hydrogens is 604 g/mol. The van der Waals surface area contributed by atoms with Crippen LogP contribution in [0.25, 0.3) is 0 Å². The Labute approximate surface area is 283 Å². The van der Waals surface area contributed by atoms with Gasteiger partial charge in [-0.25, -0.2) is 0 Å². The summed E-state index contributed by atoms with van der Waals surface area (Å²) >= 11 is 0. The van der Waals surface area contributed by atoms with E-state index in [0.29, 0.717) is 38.5 Å². The van der Waals surface area contributed by atoms with Gasteiger partial charge in [0.1, 0.15) is 11.9 Å². The number of aliphatic hydroxyl groups excluding tert-OH is 4. The van der Waals surface area contributed by atoms with E-state index in [0.717, 1.165) is 17.6 Å². The van der Waals surface area contributed by atoms with Crippen LogP contribution in [0.4, 0.5) is 0 Å². The van der Waals surface area contributed by atoms with Crippen LogP contribution >= 0.6 is 0 Å². The van der Waals surface area contributed by atoms with Crippen LogP contribution in [-0.4, -0.2) is 103 Å². The molecule has 0 radical (unpaired) electrons. The van der Waals surface area contributed by atoms with E-state index in [1.54, 1.807) is 27.0 Å². The molecule has 1 aliphatic carbocycles. The number of ketones is 1. The maximum Gasteiger partial charge on any atom is 0.308 e. The minimum atomic E-state index is -1.03. The first kappa shape index (κ1) is 43.1. The SMILES string of the molecule is C=CCC(C=C(C)CC(C)CC(OC)C(O)C(CC(C)C(=O)OC)OC)C(=O)CC(O)C(C)C(O)C(C)=CC1CCC(O)C(OC)C1. The summed E-state index contributed by atoms with van der Waals surface area (Å²) in [6, 6.07) is 0. The fourth-order valence-corrected chi connectivity index (χ4v) is 6.74. The van der Waals surface area contributed by atoms with Crippen LogP contribution in [0.2, 0.25) is 0 Å². The van der Waals surface area contributed by atoms with Gasteiger partial charge in [0.25, 0.3) is 0 Å². The lowest BCUT2D eigenvalue weighted by atomic mass is 9.82. The molecule has 1 saturated carbocycles. The lowest BCUT2D eigenvalue weighted by molar-refractivity contribution is -0.148. The van der Waals surface area contributed by atoms with Crippen LogP contribution in [0.3, 0.4) is 0 Å². The maximum absolute atomic E-state index is 13.4. The molecule has 1 rings (SSSR count). The average molecular weight is 669 g/mol. The van der Waals surface area contributed by atoms with E-state index in [1.807, 2.05) is 32.9 Å². The van der Waals surface area contributed by atoms with Gasteiger partial charge in [-0.2, -0.15) is 0 Å². The van der Waals surface area contributed by atoms with Crippen molar-refractivity contribution in [1.82, 2.24) is 0 Å². The molecule has 0 bridgehead atoms. The topological polar surface area (TPSA) is 152 Å². The number of Topliss-reactive ketones (excluding diaryl/α,β-unsaturated/α-hetero) is 1. The highest BCUT2D eigenvalue weighted by Crippen LogP contribution is 2.31. The lowest BCUT2D eigenvalue weighted by Crippen LogP contribution is -2.42. The minimum absolute atomic E-state index is 0.0922. The summed E-state index contributed by atoms with van der Waals surface area (Å²) in [5, 5.41) is 43.1. The Balaban J connectivity index is 2.84. The van der Waals surface area contributed by atoms with Crippen molar-refractivity contribution in [2.24, 2.45) is 29.6 Å². The van der Waals surface area contributed by atoms with Crippen LogP contribution in [0.1, 0.15) is 86.0 Å². The first-order valence-electron chi connectivity index (χ1n) is 17.0. The van der Waals surface area contributed by atoms with Gasteiger partial charge in [-0.15, -0.1) is 6.58 Å². The van der Waals surface area contributed by atoms with Crippen molar-refractivity contribution < 1.29 is 49.0 Å². The predicted molar refractivity (Wildman–Crippen MR) is 183 cm³/mol.